The summed E-state index contributed by atoms with van der Waals surface area (Å²) in [4.78, 5) is 24.9. The Morgan fingerprint density at radius 3 is 2.54 bits per heavy atom. The fourth-order valence-corrected chi connectivity index (χ4v) is 8.88. The molecule has 182 valence electrons. The van der Waals surface area contributed by atoms with Crippen LogP contribution in [-0.4, -0.2) is 23.8 Å². The van der Waals surface area contributed by atoms with E-state index in [9.17, 15) is 9.59 Å². The van der Waals surface area contributed by atoms with Crippen molar-refractivity contribution in [2.45, 2.75) is 82.7 Å². The van der Waals surface area contributed by atoms with Gasteiger partial charge in [0.05, 0.1) is 12.2 Å². The second kappa shape index (κ2) is 7.62. The molecule has 3 heteroatoms. The number of carbonyl (C=O) groups excluding carboxylic acids is 2. The number of hydrogen-bond acceptors (Lipinski definition) is 3. The molecule has 0 bridgehead atoms. The molecule has 1 aliphatic heterocycles. The number of rotatable bonds is 3. The molecule has 3 nitrogen and oxygen atoms in total. The summed E-state index contributed by atoms with van der Waals surface area (Å²) < 4.78 is 6.64. The molecule has 0 radical (unpaired) electrons. The Balaban J connectivity index is 1.35. The van der Waals surface area contributed by atoms with Crippen molar-refractivity contribution in [1.82, 2.24) is 0 Å². The lowest BCUT2D eigenvalue weighted by atomic mass is 9.50. The Bertz CT molecular complexity index is 1200. The maximum atomic E-state index is 12.7. The van der Waals surface area contributed by atoms with Gasteiger partial charge in [-0.25, -0.2) is 0 Å². The van der Waals surface area contributed by atoms with E-state index in [4.69, 9.17) is 4.74 Å². The van der Waals surface area contributed by atoms with E-state index in [1.807, 2.05) is 6.08 Å². The SMILES string of the molecule is C=C1CCO[C@]12CCC1C3CCC4=CC(=O)CCC4=C3C(c3ccc(C(=O)C4CC4)cc3)C[C@@]12C. The van der Waals surface area contributed by atoms with Gasteiger partial charge in [0.1, 0.15) is 0 Å². The third-order valence-electron chi connectivity index (χ3n) is 10.7. The smallest absolute Gasteiger partial charge is 0.165 e. The van der Waals surface area contributed by atoms with Crippen molar-refractivity contribution in [3.8, 4) is 0 Å². The molecular formula is C32H36O3. The highest BCUT2D eigenvalue weighted by atomic mass is 16.5. The van der Waals surface area contributed by atoms with Crippen LogP contribution in [0.3, 0.4) is 0 Å². The fourth-order valence-electron chi connectivity index (χ4n) is 8.88. The van der Waals surface area contributed by atoms with E-state index in [-0.39, 0.29) is 16.9 Å². The molecular weight excluding hydrogens is 432 g/mol. The van der Waals surface area contributed by atoms with Gasteiger partial charge < -0.3 is 4.74 Å². The molecule has 0 N–H and O–H groups in total. The second-order valence-electron chi connectivity index (χ2n) is 12.3. The molecule has 1 heterocycles. The zero-order valence-electron chi connectivity index (χ0n) is 20.9. The molecule has 6 aliphatic rings. The highest BCUT2D eigenvalue weighted by molar-refractivity contribution is 5.99. The van der Waals surface area contributed by atoms with Gasteiger partial charge in [-0.1, -0.05) is 43.3 Å². The van der Waals surface area contributed by atoms with Crippen LogP contribution in [0.25, 0.3) is 0 Å². The predicted molar refractivity (Wildman–Crippen MR) is 136 cm³/mol. The number of carbonyl (C=O) groups is 2. The van der Waals surface area contributed by atoms with Crippen molar-refractivity contribution in [2.75, 3.05) is 6.61 Å². The summed E-state index contributed by atoms with van der Waals surface area (Å²) in [6.45, 7) is 7.83. The number of benzene rings is 1. The van der Waals surface area contributed by atoms with Gasteiger partial charge in [-0.2, -0.15) is 0 Å². The summed E-state index contributed by atoms with van der Waals surface area (Å²) in [5.74, 6) is 2.31. The minimum atomic E-state index is -0.188. The lowest BCUT2D eigenvalue weighted by molar-refractivity contribution is -0.114. The van der Waals surface area contributed by atoms with Crippen molar-refractivity contribution in [1.29, 1.82) is 0 Å². The summed E-state index contributed by atoms with van der Waals surface area (Å²) in [7, 11) is 0. The van der Waals surface area contributed by atoms with Crippen molar-refractivity contribution < 1.29 is 14.3 Å². The Labute approximate surface area is 208 Å². The lowest BCUT2D eigenvalue weighted by Gasteiger charge is -2.55. The molecule has 5 atom stereocenters. The summed E-state index contributed by atoms with van der Waals surface area (Å²) in [6, 6.07) is 8.60. The molecule has 5 aliphatic carbocycles. The third-order valence-corrected chi connectivity index (χ3v) is 10.7. The van der Waals surface area contributed by atoms with E-state index in [1.165, 1.54) is 28.7 Å². The van der Waals surface area contributed by atoms with Crippen LogP contribution in [0.1, 0.15) is 93.0 Å². The van der Waals surface area contributed by atoms with Gasteiger partial charge in [0.2, 0.25) is 0 Å². The molecule has 1 aromatic carbocycles. The number of fused-ring (bicyclic) bond motifs is 5. The molecule has 0 aromatic heterocycles. The van der Waals surface area contributed by atoms with Crippen molar-refractivity contribution >= 4 is 11.6 Å². The molecule has 7 rings (SSSR count). The van der Waals surface area contributed by atoms with E-state index < -0.39 is 0 Å². The Morgan fingerprint density at radius 2 is 1.83 bits per heavy atom. The van der Waals surface area contributed by atoms with Gasteiger partial charge in [-0.3, -0.25) is 9.59 Å². The second-order valence-corrected chi connectivity index (χ2v) is 12.3. The molecule has 1 spiro atoms. The number of allylic oxidation sites excluding steroid dienone is 4. The quantitative estimate of drug-likeness (QED) is 0.358. The maximum Gasteiger partial charge on any atom is 0.165 e. The molecule has 3 saturated carbocycles. The van der Waals surface area contributed by atoms with Crippen LogP contribution < -0.4 is 0 Å². The van der Waals surface area contributed by atoms with E-state index in [0.29, 0.717) is 35.7 Å². The molecule has 0 amide bonds. The van der Waals surface area contributed by atoms with Crippen LogP contribution in [0.2, 0.25) is 0 Å². The van der Waals surface area contributed by atoms with Crippen LogP contribution in [-0.2, 0) is 9.53 Å². The average molecular weight is 469 g/mol. The van der Waals surface area contributed by atoms with Crippen molar-refractivity contribution in [3.63, 3.8) is 0 Å². The standard InChI is InChI=1S/C32H36O3/c1-19-14-16-35-32(19)15-13-28-26-11-9-23-17-24(33)10-12-25(23)29(26)27(18-31(28,32)2)20-3-5-21(6-4-20)30(34)22-7-8-22/h3-6,17,22,26-28H,1,7-16,18H2,2H3/t26?,27?,28?,31-,32+/m0/s1. The van der Waals surface area contributed by atoms with Crippen LogP contribution >= 0.6 is 0 Å². The average Bonchev–Trinajstić information content (AvgIpc) is 3.58. The summed E-state index contributed by atoms with van der Waals surface area (Å²) in [5.41, 5.74) is 7.77. The van der Waals surface area contributed by atoms with Crippen LogP contribution in [0.15, 0.2) is 59.2 Å². The topological polar surface area (TPSA) is 43.4 Å². The molecule has 35 heavy (non-hydrogen) atoms. The first-order valence-electron chi connectivity index (χ1n) is 13.8. The summed E-state index contributed by atoms with van der Waals surface area (Å²) in [5, 5.41) is 0. The molecule has 3 unspecified atom stereocenters. The largest absolute Gasteiger partial charge is 0.370 e. The first kappa shape index (κ1) is 22.0. The summed E-state index contributed by atoms with van der Waals surface area (Å²) in [6.07, 6.45) is 12.1. The first-order chi connectivity index (χ1) is 16.9. The van der Waals surface area contributed by atoms with Crippen LogP contribution in [0, 0.1) is 23.2 Å². The minimum Gasteiger partial charge on any atom is -0.370 e. The zero-order valence-corrected chi connectivity index (χ0v) is 20.9. The van der Waals surface area contributed by atoms with E-state index >= 15 is 0 Å². The van der Waals surface area contributed by atoms with Gasteiger partial charge >= 0.3 is 0 Å². The highest BCUT2D eigenvalue weighted by Gasteiger charge is 2.65. The minimum absolute atomic E-state index is 0.0637. The normalized spacial score (nSPS) is 38.3. The van der Waals surface area contributed by atoms with Gasteiger partial charge in [-0.05, 0) is 98.0 Å². The lowest BCUT2D eigenvalue weighted by Crippen LogP contribution is -2.52. The third kappa shape index (κ3) is 3.06. The summed E-state index contributed by atoms with van der Waals surface area (Å²) >= 11 is 0. The Morgan fingerprint density at radius 1 is 1.03 bits per heavy atom. The maximum absolute atomic E-state index is 12.7. The fraction of sp³-hybridized carbons (Fsp3) is 0.562. The number of hydrogen-bond donors (Lipinski definition) is 0. The molecule has 4 fully saturated rings. The highest BCUT2D eigenvalue weighted by Crippen LogP contribution is 2.70. The Kier molecular flexibility index (Phi) is 4.78. The monoisotopic (exact) mass is 468 g/mol. The zero-order chi connectivity index (χ0) is 23.9. The Hall–Kier alpha value is -2.26. The number of ketones is 2. The number of Topliss-reactive ketones (excluding diaryl/α,β-unsaturated/α-hetero) is 1. The van der Waals surface area contributed by atoms with E-state index in [0.717, 1.165) is 63.5 Å². The van der Waals surface area contributed by atoms with Crippen molar-refractivity contribution in [3.05, 3.63) is 70.3 Å². The first-order valence-corrected chi connectivity index (χ1v) is 13.8. The van der Waals surface area contributed by atoms with Crippen LogP contribution in [0.4, 0.5) is 0 Å². The predicted octanol–water partition coefficient (Wildman–Crippen LogP) is 6.89. The van der Waals surface area contributed by atoms with E-state index in [2.05, 4.69) is 37.8 Å². The van der Waals surface area contributed by atoms with Crippen LogP contribution in [0.5, 0.6) is 0 Å². The van der Waals surface area contributed by atoms with E-state index in [1.54, 1.807) is 5.57 Å². The van der Waals surface area contributed by atoms with Gasteiger partial charge in [0, 0.05) is 29.2 Å². The van der Waals surface area contributed by atoms with Gasteiger partial charge in [-0.15, -0.1) is 0 Å². The number of ether oxygens (including phenoxy) is 1. The van der Waals surface area contributed by atoms with Gasteiger partial charge in [0.25, 0.3) is 0 Å². The molecule has 1 aromatic rings. The van der Waals surface area contributed by atoms with Gasteiger partial charge in [0.15, 0.2) is 11.6 Å². The van der Waals surface area contributed by atoms with Crippen molar-refractivity contribution in [2.24, 2.45) is 23.2 Å². The molecule has 1 saturated heterocycles.